The lowest BCUT2D eigenvalue weighted by Gasteiger charge is -2.42. The smallest absolute Gasteiger partial charge is 0.217 e. The van der Waals surface area contributed by atoms with Gasteiger partial charge < -0.3 is 29.7 Å². The van der Waals surface area contributed by atoms with Crippen molar-refractivity contribution in [1.82, 2.24) is 5.32 Å². The zero-order valence-electron chi connectivity index (χ0n) is 16.3. The minimum Gasteiger partial charge on any atom is -0.388 e. The zero-order valence-corrected chi connectivity index (χ0v) is 16.3. The van der Waals surface area contributed by atoms with Crippen LogP contribution in [0.2, 0.25) is 0 Å². The molecular formula is C22H27NO6. The molecule has 2 aromatic rings. The second kappa shape index (κ2) is 10.5. The fraction of sp³-hybridized carbons (Fsp3) is 0.409. The van der Waals surface area contributed by atoms with E-state index in [4.69, 9.17) is 14.2 Å². The molecule has 0 aromatic heterocycles. The van der Waals surface area contributed by atoms with E-state index in [-0.39, 0.29) is 19.1 Å². The SMILES string of the molecule is CC(=O)N[C@@H]1[C@@H](OCc2ccccc2)[C@H](O)[C@@H](COCc2ccccc2)O[C@@H]1O. The minimum atomic E-state index is -1.33. The number of aliphatic hydroxyl groups excluding tert-OH is 2. The number of amides is 1. The number of rotatable bonds is 8. The molecule has 0 radical (unpaired) electrons. The number of hydrogen-bond donors (Lipinski definition) is 3. The third-order valence-electron chi connectivity index (χ3n) is 4.74. The van der Waals surface area contributed by atoms with Crippen LogP contribution in [0.5, 0.6) is 0 Å². The van der Waals surface area contributed by atoms with Crippen LogP contribution in [0.1, 0.15) is 18.1 Å². The van der Waals surface area contributed by atoms with Crippen molar-refractivity contribution in [2.45, 2.75) is 50.8 Å². The highest BCUT2D eigenvalue weighted by molar-refractivity contribution is 5.73. The second-order valence-corrected chi connectivity index (χ2v) is 7.04. The van der Waals surface area contributed by atoms with E-state index in [2.05, 4.69) is 5.32 Å². The molecule has 1 aliphatic rings. The molecule has 1 amide bonds. The standard InChI is InChI=1S/C22H27NO6/c1-15(24)23-19-21(28-13-17-10-6-3-7-11-17)20(25)18(29-22(19)26)14-27-12-16-8-4-2-5-9-16/h2-11,18-22,25-26H,12-14H2,1H3,(H,23,24)/t18-,19-,20-,21-,22+/m1/s1. The van der Waals surface area contributed by atoms with Crippen LogP contribution in [0.4, 0.5) is 0 Å². The van der Waals surface area contributed by atoms with Gasteiger partial charge in [0.05, 0.1) is 19.8 Å². The molecular weight excluding hydrogens is 374 g/mol. The molecule has 0 aliphatic carbocycles. The monoisotopic (exact) mass is 401 g/mol. The Balaban J connectivity index is 1.64. The van der Waals surface area contributed by atoms with Gasteiger partial charge in [0.15, 0.2) is 6.29 Å². The summed E-state index contributed by atoms with van der Waals surface area (Å²) in [5.74, 6) is -0.350. The fourth-order valence-corrected chi connectivity index (χ4v) is 3.29. The van der Waals surface area contributed by atoms with Crippen LogP contribution in [-0.2, 0) is 32.2 Å². The van der Waals surface area contributed by atoms with Gasteiger partial charge >= 0.3 is 0 Å². The molecule has 1 fully saturated rings. The van der Waals surface area contributed by atoms with Gasteiger partial charge in [-0.25, -0.2) is 0 Å². The minimum absolute atomic E-state index is 0.0745. The van der Waals surface area contributed by atoms with E-state index in [9.17, 15) is 15.0 Å². The number of ether oxygens (including phenoxy) is 3. The molecule has 7 heteroatoms. The summed E-state index contributed by atoms with van der Waals surface area (Å²) >= 11 is 0. The summed E-state index contributed by atoms with van der Waals surface area (Å²) < 4.78 is 17.1. The Kier molecular flexibility index (Phi) is 7.74. The second-order valence-electron chi connectivity index (χ2n) is 7.04. The van der Waals surface area contributed by atoms with Crippen LogP contribution < -0.4 is 5.32 Å². The van der Waals surface area contributed by atoms with E-state index in [1.807, 2.05) is 60.7 Å². The van der Waals surface area contributed by atoms with Crippen molar-refractivity contribution in [2.24, 2.45) is 0 Å². The highest BCUT2D eigenvalue weighted by atomic mass is 16.6. The molecule has 0 unspecified atom stereocenters. The van der Waals surface area contributed by atoms with Gasteiger partial charge in [-0.1, -0.05) is 60.7 Å². The Labute approximate surface area is 170 Å². The predicted octanol–water partition coefficient (Wildman–Crippen LogP) is 1.37. The number of aliphatic hydroxyl groups is 2. The zero-order chi connectivity index (χ0) is 20.6. The Hall–Kier alpha value is -2.29. The summed E-state index contributed by atoms with van der Waals surface area (Å²) in [6, 6.07) is 18.2. The van der Waals surface area contributed by atoms with Crippen LogP contribution in [0.25, 0.3) is 0 Å². The van der Waals surface area contributed by atoms with Gasteiger partial charge in [0, 0.05) is 6.92 Å². The lowest BCUT2D eigenvalue weighted by molar-refractivity contribution is -0.266. The van der Waals surface area contributed by atoms with Gasteiger partial charge in [-0.3, -0.25) is 4.79 Å². The maximum Gasteiger partial charge on any atom is 0.217 e. The van der Waals surface area contributed by atoms with Gasteiger partial charge in [-0.2, -0.15) is 0 Å². The first kappa shape index (κ1) is 21.4. The first-order valence-corrected chi connectivity index (χ1v) is 9.60. The summed E-state index contributed by atoms with van der Waals surface area (Å²) in [5.41, 5.74) is 1.91. The first-order chi connectivity index (χ1) is 14.0. The van der Waals surface area contributed by atoms with Gasteiger partial charge in [0.2, 0.25) is 5.91 Å². The summed E-state index contributed by atoms with van der Waals surface area (Å²) in [6.45, 7) is 1.99. The van der Waals surface area contributed by atoms with E-state index in [0.717, 1.165) is 11.1 Å². The van der Waals surface area contributed by atoms with Gasteiger partial charge in [-0.05, 0) is 11.1 Å². The molecule has 3 rings (SSSR count). The first-order valence-electron chi connectivity index (χ1n) is 9.60. The molecule has 5 atom stereocenters. The van der Waals surface area contributed by atoms with Gasteiger partial charge in [0.25, 0.3) is 0 Å². The fourth-order valence-electron chi connectivity index (χ4n) is 3.29. The average Bonchev–Trinajstić information content (AvgIpc) is 2.72. The lowest BCUT2D eigenvalue weighted by Crippen LogP contribution is -2.64. The van der Waals surface area contributed by atoms with Gasteiger partial charge in [0.1, 0.15) is 24.4 Å². The Morgan fingerprint density at radius 2 is 1.59 bits per heavy atom. The largest absolute Gasteiger partial charge is 0.388 e. The third kappa shape index (κ3) is 6.09. The normalized spacial score (nSPS) is 26.8. The van der Waals surface area contributed by atoms with E-state index in [1.54, 1.807) is 0 Å². The molecule has 1 heterocycles. The summed E-state index contributed by atoms with van der Waals surface area (Å²) in [4.78, 5) is 11.6. The van der Waals surface area contributed by atoms with E-state index >= 15 is 0 Å². The predicted molar refractivity (Wildman–Crippen MR) is 106 cm³/mol. The van der Waals surface area contributed by atoms with Crippen molar-refractivity contribution in [3.8, 4) is 0 Å². The molecule has 0 saturated carbocycles. The summed E-state index contributed by atoms with van der Waals surface area (Å²) in [6.07, 6.45) is -4.06. The van der Waals surface area contributed by atoms with Crippen molar-refractivity contribution >= 4 is 5.91 Å². The number of benzene rings is 2. The molecule has 29 heavy (non-hydrogen) atoms. The van der Waals surface area contributed by atoms with E-state index < -0.39 is 30.6 Å². The van der Waals surface area contributed by atoms with Gasteiger partial charge in [-0.15, -0.1) is 0 Å². The quantitative estimate of drug-likeness (QED) is 0.618. The highest BCUT2D eigenvalue weighted by Gasteiger charge is 2.46. The molecule has 1 saturated heterocycles. The number of hydrogen-bond acceptors (Lipinski definition) is 6. The Morgan fingerprint density at radius 1 is 1.00 bits per heavy atom. The highest BCUT2D eigenvalue weighted by Crippen LogP contribution is 2.24. The molecule has 0 spiro atoms. The maximum absolute atomic E-state index is 11.6. The third-order valence-corrected chi connectivity index (χ3v) is 4.74. The van der Waals surface area contributed by atoms with E-state index in [1.165, 1.54) is 6.92 Å². The topological polar surface area (TPSA) is 97.3 Å². The molecule has 2 aromatic carbocycles. The Morgan fingerprint density at radius 3 is 2.17 bits per heavy atom. The van der Waals surface area contributed by atoms with E-state index in [0.29, 0.717) is 6.61 Å². The molecule has 0 bridgehead atoms. The average molecular weight is 401 g/mol. The number of nitrogens with one attached hydrogen (secondary N) is 1. The van der Waals surface area contributed by atoms with Crippen molar-refractivity contribution < 1.29 is 29.2 Å². The van der Waals surface area contributed by atoms with Crippen molar-refractivity contribution in [2.75, 3.05) is 6.61 Å². The van der Waals surface area contributed by atoms with Crippen molar-refractivity contribution in [3.63, 3.8) is 0 Å². The van der Waals surface area contributed by atoms with Crippen LogP contribution in [0, 0.1) is 0 Å². The molecule has 156 valence electrons. The van der Waals surface area contributed by atoms with Crippen LogP contribution in [0.15, 0.2) is 60.7 Å². The number of carbonyl (C=O) groups excluding carboxylic acids is 1. The van der Waals surface area contributed by atoms with Crippen molar-refractivity contribution in [1.29, 1.82) is 0 Å². The number of carbonyl (C=O) groups is 1. The van der Waals surface area contributed by atoms with Crippen LogP contribution >= 0.6 is 0 Å². The molecule has 7 nitrogen and oxygen atoms in total. The Bertz CT molecular complexity index is 756. The lowest BCUT2D eigenvalue weighted by atomic mass is 9.96. The molecule has 3 N–H and O–H groups in total. The maximum atomic E-state index is 11.6. The summed E-state index contributed by atoms with van der Waals surface area (Å²) in [5, 5.41) is 23.8. The van der Waals surface area contributed by atoms with Crippen LogP contribution in [-0.4, -0.2) is 53.4 Å². The summed E-state index contributed by atoms with van der Waals surface area (Å²) in [7, 11) is 0. The molecule has 1 aliphatic heterocycles. The van der Waals surface area contributed by atoms with Crippen LogP contribution in [0.3, 0.4) is 0 Å². The van der Waals surface area contributed by atoms with Crippen molar-refractivity contribution in [3.05, 3.63) is 71.8 Å².